The fourth-order valence-corrected chi connectivity index (χ4v) is 2.39. The van der Waals surface area contributed by atoms with Crippen LogP contribution >= 0.6 is 24.0 Å². The Morgan fingerprint density at radius 2 is 2.26 bits per heavy atom. The highest BCUT2D eigenvalue weighted by Crippen LogP contribution is 2.15. The molecule has 1 saturated heterocycles. The Morgan fingerprint density at radius 3 is 2.89 bits per heavy atom. The fourth-order valence-electron chi connectivity index (χ4n) is 2.39. The van der Waals surface area contributed by atoms with Crippen molar-refractivity contribution in [2.45, 2.75) is 26.2 Å². The van der Waals surface area contributed by atoms with Gasteiger partial charge in [0.05, 0.1) is 0 Å². The van der Waals surface area contributed by atoms with Crippen LogP contribution in [0.25, 0.3) is 0 Å². The molecule has 1 unspecified atom stereocenters. The van der Waals surface area contributed by atoms with Crippen LogP contribution in [0.5, 0.6) is 0 Å². The lowest BCUT2D eigenvalue weighted by Gasteiger charge is -2.30. The summed E-state index contributed by atoms with van der Waals surface area (Å²) in [4.78, 5) is 6.73. The molecule has 0 bridgehead atoms. The first-order valence-corrected chi connectivity index (χ1v) is 7.04. The number of hydrogen-bond acceptors (Lipinski definition) is 2. The molecule has 0 aromatic carbocycles. The zero-order chi connectivity index (χ0) is 13.2. The first-order chi connectivity index (χ1) is 8.76. The van der Waals surface area contributed by atoms with Gasteiger partial charge in [0, 0.05) is 26.7 Å². The Labute approximate surface area is 135 Å². The van der Waals surface area contributed by atoms with E-state index in [1.807, 2.05) is 6.08 Å². The van der Waals surface area contributed by atoms with Gasteiger partial charge in [-0.1, -0.05) is 13.0 Å². The van der Waals surface area contributed by atoms with E-state index >= 15 is 0 Å². The summed E-state index contributed by atoms with van der Waals surface area (Å²) in [5, 5.41) is 6.49. The highest BCUT2D eigenvalue weighted by atomic mass is 127. The van der Waals surface area contributed by atoms with Crippen LogP contribution in [0.3, 0.4) is 0 Å². The van der Waals surface area contributed by atoms with Crippen LogP contribution in [0.15, 0.2) is 17.6 Å². The van der Waals surface area contributed by atoms with Crippen LogP contribution < -0.4 is 10.6 Å². The van der Waals surface area contributed by atoms with E-state index in [0.29, 0.717) is 0 Å². The number of aliphatic imine (C=N–C) groups is 1. The summed E-state index contributed by atoms with van der Waals surface area (Å²) >= 11 is 0. The molecule has 1 rings (SSSR count). The smallest absolute Gasteiger partial charge is 0.191 e. The minimum atomic E-state index is 0. The van der Waals surface area contributed by atoms with E-state index in [1.165, 1.54) is 38.9 Å². The van der Waals surface area contributed by atoms with E-state index in [-0.39, 0.29) is 24.0 Å². The molecule has 0 aliphatic carbocycles. The van der Waals surface area contributed by atoms with Crippen LogP contribution in [0.1, 0.15) is 26.2 Å². The average Bonchev–Trinajstić information content (AvgIpc) is 2.38. The second-order valence-electron chi connectivity index (χ2n) is 5.07. The van der Waals surface area contributed by atoms with Gasteiger partial charge < -0.3 is 15.5 Å². The molecule has 1 atom stereocenters. The van der Waals surface area contributed by atoms with E-state index in [2.05, 4.69) is 34.0 Å². The summed E-state index contributed by atoms with van der Waals surface area (Å²) in [6.07, 6.45) is 5.76. The number of nitrogens with zero attached hydrogens (tertiary/aromatic N) is 2. The highest BCUT2D eigenvalue weighted by Gasteiger charge is 2.15. The summed E-state index contributed by atoms with van der Waals surface area (Å²) in [7, 11) is 1.80. The van der Waals surface area contributed by atoms with Crippen molar-refractivity contribution in [1.29, 1.82) is 0 Å². The lowest BCUT2D eigenvalue weighted by molar-refractivity contribution is 0.182. The van der Waals surface area contributed by atoms with Crippen LogP contribution in [-0.2, 0) is 0 Å². The Kier molecular flexibility index (Phi) is 11.3. The van der Waals surface area contributed by atoms with Crippen molar-refractivity contribution >= 4 is 29.9 Å². The van der Waals surface area contributed by atoms with Gasteiger partial charge >= 0.3 is 0 Å². The third-order valence-corrected chi connectivity index (χ3v) is 3.32. The SMILES string of the molecule is C=CCNC(=NC)NCCCN1CCCC(C)C1.I. The zero-order valence-electron chi connectivity index (χ0n) is 12.3. The predicted molar refractivity (Wildman–Crippen MR) is 94.4 cm³/mol. The van der Waals surface area contributed by atoms with Gasteiger partial charge in [0.1, 0.15) is 0 Å². The Bertz CT molecular complexity index is 268. The summed E-state index contributed by atoms with van der Waals surface area (Å²) in [6.45, 7) is 11.5. The molecule has 1 aliphatic heterocycles. The van der Waals surface area contributed by atoms with Crippen molar-refractivity contribution in [3.05, 3.63) is 12.7 Å². The lowest BCUT2D eigenvalue weighted by Crippen LogP contribution is -2.40. The van der Waals surface area contributed by atoms with Crippen molar-refractivity contribution in [3.63, 3.8) is 0 Å². The van der Waals surface area contributed by atoms with Gasteiger partial charge in [-0.2, -0.15) is 0 Å². The number of halogens is 1. The second-order valence-corrected chi connectivity index (χ2v) is 5.07. The van der Waals surface area contributed by atoms with Gasteiger partial charge in [-0.15, -0.1) is 30.6 Å². The molecule has 0 amide bonds. The molecular formula is C14H29IN4. The maximum Gasteiger partial charge on any atom is 0.191 e. The third-order valence-electron chi connectivity index (χ3n) is 3.32. The van der Waals surface area contributed by atoms with Crippen LogP contribution in [0, 0.1) is 5.92 Å². The number of rotatable bonds is 6. The normalized spacial score (nSPS) is 20.5. The Hall–Kier alpha value is -0.300. The number of likely N-dealkylation sites (tertiary alicyclic amines) is 1. The molecule has 1 fully saturated rings. The predicted octanol–water partition coefficient (Wildman–Crippen LogP) is 2.08. The number of guanidine groups is 1. The molecule has 5 heteroatoms. The van der Waals surface area contributed by atoms with Gasteiger partial charge in [-0.25, -0.2) is 0 Å². The van der Waals surface area contributed by atoms with E-state index in [4.69, 9.17) is 0 Å². The zero-order valence-corrected chi connectivity index (χ0v) is 14.7. The number of nitrogens with one attached hydrogen (secondary N) is 2. The van der Waals surface area contributed by atoms with Crippen molar-refractivity contribution in [2.24, 2.45) is 10.9 Å². The Morgan fingerprint density at radius 1 is 1.47 bits per heavy atom. The van der Waals surface area contributed by atoms with Crippen molar-refractivity contribution < 1.29 is 0 Å². The van der Waals surface area contributed by atoms with Crippen molar-refractivity contribution in [3.8, 4) is 0 Å². The maximum atomic E-state index is 4.15. The van der Waals surface area contributed by atoms with Crippen LogP contribution in [-0.4, -0.2) is 50.6 Å². The first kappa shape index (κ1) is 18.7. The number of piperidine rings is 1. The minimum absolute atomic E-state index is 0. The van der Waals surface area contributed by atoms with Crippen LogP contribution in [0.2, 0.25) is 0 Å². The van der Waals surface area contributed by atoms with Gasteiger partial charge in [0.2, 0.25) is 0 Å². The molecule has 0 radical (unpaired) electrons. The molecule has 2 N–H and O–H groups in total. The molecule has 1 aliphatic rings. The standard InChI is InChI=1S/C14H28N4.HI/c1-4-8-16-14(15-3)17-9-6-11-18-10-5-7-13(2)12-18;/h4,13H,1,5-12H2,2-3H3,(H2,15,16,17);1H. The summed E-state index contributed by atoms with van der Waals surface area (Å²) in [5.41, 5.74) is 0. The first-order valence-electron chi connectivity index (χ1n) is 7.04. The topological polar surface area (TPSA) is 39.7 Å². The van der Waals surface area contributed by atoms with E-state index < -0.39 is 0 Å². The Balaban J connectivity index is 0.00000324. The molecule has 0 spiro atoms. The molecule has 0 aromatic rings. The van der Waals surface area contributed by atoms with Gasteiger partial charge in [-0.05, 0) is 38.3 Å². The van der Waals surface area contributed by atoms with E-state index in [9.17, 15) is 0 Å². The van der Waals surface area contributed by atoms with Crippen molar-refractivity contribution in [2.75, 3.05) is 39.8 Å². The monoisotopic (exact) mass is 380 g/mol. The number of hydrogen-bond donors (Lipinski definition) is 2. The van der Waals surface area contributed by atoms with Gasteiger partial charge in [0.15, 0.2) is 5.96 Å². The maximum absolute atomic E-state index is 4.15. The fraction of sp³-hybridized carbons (Fsp3) is 0.786. The van der Waals surface area contributed by atoms with Gasteiger partial charge in [-0.3, -0.25) is 4.99 Å². The quantitative estimate of drug-likeness (QED) is 0.244. The van der Waals surface area contributed by atoms with Crippen LogP contribution in [0.4, 0.5) is 0 Å². The molecule has 1 heterocycles. The largest absolute Gasteiger partial charge is 0.356 e. The summed E-state index contributed by atoms with van der Waals surface area (Å²) in [6, 6.07) is 0. The molecule has 112 valence electrons. The van der Waals surface area contributed by atoms with E-state index in [1.54, 1.807) is 7.05 Å². The van der Waals surface area contributed by atoms with Gasteiger partial charge in [0.25, 0.3) is 0 Å². The molecule has 19 heavy (non-hydrogen) atoms. The third kappa shape index (κ3) is 8.47. The van der Waals surface area contributed by atoms with Crippen molar-refractivity contribution in [1.82, 2.24) is 15.5 Å². The minimum Gasteiger partial charge on any atom is -0.356 e. The highest BCUT2D eigenvalue weighted by molar-refractivity contribution is 14.0. The second kappa shape index (κ2) is 11.5. The average molecular weight is 380 g/mol. The summed E-state index contributed by atoms with van der Waals surface area (Å²) in [5.74, 6) is 1.73. The lowest BCUT2D eigenvalue weighted by atomic mass is 10.0. The molecule has 4 nitrogen and oxygen atoms in total. The molecule has 0 aromatic heterocycles. The molecule has 0 saturated carbocycles. The summed E-state index contributed by atoms with van der Waals surface area (Å²) < 4.78 is 0. The van der Waals surface area contributed by atoms with E-state index in [0.717, 1.165) is 25.0 Å². The molecular weight excluding hydrogens is 351 g/mol.